The summed E-state index contributed by atoms with van der Waals surface area (Å²) in [6, 6.07) is 7.40. The molecule has 0 aromatic heterocycles. The molecular weight excluding hydrogens is 430 g/mol. The van der Waals surface area contributed by atoms with Gasteiger partial charge in [0.1, 0.15) is 5.75 Å². The van der Waals surface area contributed by atoms with Crippen molar-refractivity contribution in [2.75, 3.05) is 26.3 Å². The molecule has 1 heterocycles. The van der Waals surface area contributed by atoms with E-state index in [-0.39, 0.29) is 5.78 Å². The smallest absolute Gasteiger partial charge is 0.502 e. The van der Waals surface area contributed by atoms with Gasteiger partial charge in [-0.15, -0.1) is 0 Å². The Labute approximate surface area is 185 Å². The van der Waals surface area contributed by atoms with Gasteiger partial charge in [0.2, 0.25) is 0 Å². The second-order valence-corrected chi connectivity index (χ2v) is 22.4. The molecule has 1 saturated heterocycles. The minimum Gasteiger partial charge on any atom is -0.502 e. The first kappa shape index (κ1) is 25.4. The maximum absolute atomic E-state index is 13.2. The van der Waals surface area contributed by atoms with Gasteiger partial charge >= 0.3 is 8.80 Å². The summed E-state index contributed by atoms with van der Waals surface area (Å²) < 4.78 is 24.5. The van der Waals surface area contributed by atoms with E-state index in [1.54, 1.807) is 0 Å². The summed E-state index contributed by atoms with van der Waals surface area (Å²) in [6.07, 6.45) is 0. The van der Waals surface area contributed by atoms with Crippen LogP contribution >= 0.6 is 0 Å². The third-order valence-electron chi connectivity index (χ3n) is 4.76. The molecule has 1 aromatic carbocycles. The summed E-state index contributed by atoms with van der Waals surface area (Å²) >= 11 is 0. The minimum atomic E-state index is -2.85. The van der Waals surface area contributed by atoms with Crippen LogP contribution in [0.5, 0.6) is 5.75 Å². The van der Waals surface area contributed by atoms with Crippen molar-refractivity contribution in [2.45, 2.75) is 65.2 Å². The molecule has 0 N–H and O–H groups in total. The number of Topliss-reactive ketones (excluding diaryl/α,β-unsaturated/α-hetero) is 1. The molecule has 30 heavy (non-hydrogen) atoms. The van der Waals surface area contributed by atoms with Gasteiger partial charge in [0.25, 0.3) is 0 Å². The monoisotopic (exact) mass is 469 g/mol. The van der Waals surface area contributed by atoms with Gasteiger partial charge in [-0.1, -0.05) is 0 Å². The fraction of sp³-hybridized carbons (Fsp3) is 0.667. The van der Waals surface area contributed by atoms with Crippen molar-refractivity contribution in [1.82, 2.24) is 4.90 Å². The number of nitrogens with zero attached hydrogens (tertiary/aromatic N) is 1. The molecule has 1 aliphatic heterocycles. The number of morpholine rings is 1. The highest BCUT2D eigenvalue weighted by Gasteiger charge is 2.45. The van der Waals surface area contributed by atoms with Crippen LogP contribution in [-0.2, 0) is 13.0 Å². The zero-order chi connectivity index (χ0) is 22.8. The molecule has 0 saturated carbocycles. The summed E-state index contributed by atoms with van der Waals surface area (Å²) in [5.41, 5.74) is 0.108. The average molecular weight is 470 g/mol. The molecule has 0 radical (unpaired) electrons. The molecule has 0 atom stereocenters. The van der Waals surface area contributed by atoms with Crippen molar-refractivity contribution in [2.24, 2.45) is 0 Å². The average Bonchev–Trinajstić information content (AvgIpc) is 2.59. The predicted molar refractivity (Wildman–Crippen MR) is 128 cm³/mol. The Morgan fingerprint density at radius 3 is 1.80 bits per heavy atom. The second-order valence-electron chi connectivity index (χ2n) is 10.4. The maximum atomic E-state index is 13.2. The summed E-state index contributed by atoms with van der Waals surface area (Å²) in [7, 11) is -6.56. The lowest BCUT2D eigenvalue weighted by Gasteiger charge is -2.39. The van der Waals surface area contributed by atoms with Crippen LogP contribution in [0.15, 0.2) is 24.3 Å². The zero-order valence-electron chi connectivity index (χ0n) is 20.1. The largest absolute Gasteiger partial charge is 0.541 e. The van der Waals surface area contributed by atoms with Gasteiger partial charge < -0.3 is 17.4 Å². The Kier molecular flexibility index (Phi) is 7.93. The molecule has 170 valence electrons. The SMILES string of the molecule is CC(C)(C(=O)c1ccc(O[Si](C)(O[Si](C)(C)C)O[Si](C)(C)C)cc1)N1CCOCC1. The highest BCUT2D eigenvalue weighted by Crippen LogP contribution is 2.27. The van der Waals surface area contributed by atoms with Crippen molar-refractivity contribution < 1.29 is 22.2 Å². The molecule has 0 bridgehead atoms. The maximum Gasteiger partial charge on any atom is 0.541 e. The topological polar surface area (TPSA) is 57.2 Å². The van der Waals surface area contributed by atoms with Crippen LogP contribution in [0.4, 0.5) is 0 Å². The fourth-order valence-corrected chi connectivity index (χ4v) is 14.0. The summed E-state index contributed by atoms with van der Waals surface area (Å²) in [4.78, 5) is 15.4. The van der Waals surface area contributed by atoms with Crippen LogP contribution in [0.25, 0.3) is 0 Å². The minimum absolute atomic E-state index is 0.104. The van der Waals surface area contributed by atoms with Crippen LogP contribution in [0.2, 0.25) is 45.8 Å². The normalized spacial score (nSPS) is 17.1. The lowest BCUT2D eigenvalue weighted by atomic mass is 9.91. The number of ether oxygens (including phenoxy) is 1. The van der Waals surface area contributed by atoms with E-state index in [2.05, 4.69) is 44.2 Å². The number of hydrogen-bond donors (Lipinski definition) is 0. The van der Waals surface area contributed by atoms with Crippen molar-refractivity contribution in [1.29, 1.82) is 0 Å². The van der Waals surface area contributed by atoms with Crippen LogP contribution in [0.3, 0.4) is 0 Å². The third kappa shape index (κ3) is 7.40. The van der Waals surface area contributed by atoms with Crippen LogP contribution in [0, 0.1) is 0 Å². The molecule has 0 unspecified atom stereocenters. The Bertz CT molecular complexity index is 704. The molecule has 1 aromatic rings. The highest BCUT2D eigenvalue weighted by atomic mass is 28.5. The van der Waals surface area contributed by atoms with Gasteiger partial charge in [0.15, 0.2) is 22.4 Å². The Morgan fingerprint density at radius 2 is 1.37 bits per heavy atom. The van der Waals surface area contributed by atoms with Crippen LogP contribution < -0.4 is 4.43 Å². The molecule has 0 spiro atoms. The molecule has 1 fully saturated rings. The number of benzene rings is 1. The molecule has 0 amide bonds. The van der Waals surface area contributed by atoms with Gasteiger partial charge in [-0.05, 0) is 77.4 Å². The molecule has 1 aliphatic rings. The summed E-state index contributed by atoms with van der Waals surface area (Å²) in [5.74, 6) is 0.786. The number of ketones is 1. The Hall–Kier alpha value is -0.819. The number of rotatable bonds is 9. The van der Waals surface area contributed by atoms with Crippen molar-refractivity contribution in [3.63, 3.8) is 0 Å². The molecule has 6 nitrogen and oxygen atoms in total. The van der Waals surface area contributed by atoms with Crippen molar-refractivity contribution in [3.05, 3.63) is 29.8 Å². The molecule has 0 aliphatic carbocycles. The Morgan fingerprint density at radius 1 is 0.900 bits per heavy atom. The lowest BCUT2D eigenvalue weighted by Crippen LogP contribution is -2.56. The molecule has 9 heteroatoms. The van der Waals surface area contributed by atoms with E-state index >= 15 is 0 Å². The van der Waals surface area contributed by atoms with E-state index in [0.29, 0.717) is 24.5 Å². The van der Waals surface area contributed by atoms with Crippen LogP contribution in [0.1, 0.15) is 24.2 Å². The van der Waals surface area contributed by atoms with E-state index < -0.39 is 31.0 Å². The van der Waals surface area contributed by atoms with E-state index in [0.717, 1.165) is 13.1 Å². The van der Waals surface area contributed by atoms with Gasteiger partial charge in [-0.2, -0.15) is 0 Å². The zero-order valence-corrected chi connectivity index (χ0v) is 23.1. The highest BCUT2D eigenvalue weighted by molar-refractivity contribution is 6.85. The lowest BCUT2D eigenvalue weighted by molar-refractivity contribution is -0.00429. The number of carbonyl (C=O) groups excluding carboxylic acids is 1. The van der Waals surface area contributed by atoms with E-state index in [1.165, 1.54) is 0 Å². The van der Waals surface area contributed by atoms with Crippen molar-refractivity contribution >= 4 is 31.2 Å². The second kappa shape index (κ2) is 9.35. The van der Waals surface area contributed by atoms with Gasteiger partial charge in [-0.3, -0.25) is 9.69 Å². The van der Waals surface area contributed by atoms with Crippen LogP contribution in [-0.4, -0.2) is 68.0 Å². The third-order valence-corrected chi connectivity index (χ3v) is 13.2. The fourth-order valence-electron chi connectivity index (χ4n) is 3.68. The Balaban J connectivity index is 2.17. The van der Waals surface area contributed by atoms with E-state index in [4.69, 9.17) is 17.4 Å². The standard InChI is InChI=1S/C21H39NO5Si3/c1-21(2,22-14-16-24-17-15-22)20(23)18-10-12-19(13-11-18)25-30(9,26-28(3,4)5)27-29(6,7)8/h10-13H,14-17H2,1-9H3. The predicted octanol–water partition coefficient (Wildman–Crippen LogP) is 4.63. The van der Waals surface area contributed by atoms with E-state index in [9.17, 15) is 4.79 Å². The number of hydrogen-bond acceptors (Lipinski definition) is 6. The van der Waals surface area contributed by atoms with Gasteiger partial charge in [0.05, 0.1) is 18.8 Å². The van der Waals surface area contributed by atoms with Gasteiger partial charge in [-0.25, -0.2) is 0 Å². The quantitative estimate of drug-likeness (QED) is 0.388. The van der Waals surface area contributed by atoms with Crippen molar-refractivity contribution in [3.8, 4) is 5.75 Å². The first-order chi connectivity index (χ1) is 13.6. The summed E-state index contributed by atoms with van der Waals surface area (Å²) in [5, 5.41) is 0. The molecular formula is C21H39NO5Si3. The summed E-state index contributed by atoms with van der Waals surface area (Å²) in [6.45, 7) is 21.7. The molecule has 2 rings (SSSR count). The number of carbonyl (C=O) groups is 1. The first-order valence-corrected chi connectivity index (χ1v) is 19.7. The van der Waals surface area contributed by atoms with E-state index in [1.807, 2.05) is 44.7 Å². The first-order valence-electron chi connectivity index (χ1n) is 10.7. The van der Waals surface area contributed by atoms with Gasteiger partial charge in [0, 0.05) is 25.2 Å².